The summed E-state index contributed by atoms with van der Waals surface area (Å²) in [6, 6.07) is 13.6. The first kappa shape index (κ1) is 15.1. The predicted octanol–water partition coefficient (Wildman–Crippen LogP) is 3.94. The lowest BCUT2D eigenvalue weighted by Crippen LogP contribution is -2.22. The number of hydrogen-bond donors (Lipinski definition) is 1. The normalized spacial score (nSPS) is 11.8. The minimum atomic E-state index is -0.504. The first-order valence-corrected chi connectivity index (χ1v) is 6.99. The molecule has 0 amide bonds. The molecule has 2 rings (SSSR count). The lowest BCUT2D eigenvalue weighted by atomic mass is 10.0. The van der Waals surface area contributed by atoms with Crippen molar-refractivity contribution in [2.75, 3.05) is 12.4 Å². The van der Waals surface area contributed by atoms with Gasteiger partial charge in [0.1, 0.15) is 0 Å². The first-order valence-electron chi connectivity index (χ1n) is 6.99. The van der Waals surface area contributed by atoms with Gasteiger partial charge in [-0.2, -0.15) is 0 Å². The van der Waals surface area contributed by atoms with E-state index in [4.69, 9.17) is 4.74 Å². The van der Waals surface area contributed by atoms with E-state index in [1.165, 1.54) is 7.11 Å². The van der Waals surface area contributed by atoms with Crippen LogP contribution in [0.5, 0.6) is 0 Å². The molecule has 3 heteroatoms. The molecule has 2 aromatic rings. The highest BCUT2D eigenvalue weighted by atomic mass is 16.5. The van der Waals surface area contributed by atoms with Gasteiger partial charge in [0.25, 0.3) is 0 Å². The number of benzene rings is 2. The molecule has 2 aromatic carbocycles. The van der Waals surface area contributed by atoms with Gasteiger partial charge < -0.3 is 10.1 Å². The van der Waals surface area contributed by atoms with Gasteiger partial charge in [-0.15, -0.1) is 0 Å². The molecule has 110 valence electrons. The zero-order valence-electron chi connectivity index (χ0n) is 12.9. The van der Waals surface area contributed by atoms with E-state index in [1.807, 2.05) is 57.2 Å². The van der Waals surface area contributed by atoms with E-state index in [0.29, 0.717) is 0 Å². The molecule has 1 N–H and O–H groups in total. The molecule has 0 fully saturated rings. The van der Waals surface area contributed by atoms with Gasteiger partial charge >= 0.3 is 5.97 Å². The summed E-state index contributed by atoms with van der Waals surface area (Å²) in [6.45, 7) is 6.07. The highest BCUT2D eigenvalue weighted by molar-refractivity contribution is 5.81. The Morgan fingerprint density at radius 2 is 1.67 bits per heavy atom. The fourth-order valence-electron chi connectivity index (χ4n) is 2.47. The van der Waals surface area contributed by atoms with Crippen molar-refractivity contribution in [1.29, 1.82) is 0 Å². The zero-order valence-corrected chi connectivity index (χ0v) is 12.9. The number of hydrogen-bond acceptors (Lipinski definition) is 3. The molecule has 0 saturated heterocycles. The van der Waals surface area contributed by atoms with Gasteiger partial charge in [0.15, 0.2) is 6.04 Å². The van der Waals surface area contributed by atoms with Crippen LogP contribution in [0.3, 0.4) is 0 Å². The summed E-state index contributed by atoms with van der Waals surface area (Å²) in [7, 11) is 1.41. The number of methoxy groups -OCH3 is 1. The maximum absolute atomic E-state index is 12.1. The van der Waals surface area contributed by atoms with Crippen LogP contribution in [0.2, 0.25) is 0 Å². The van der Waals surface area contributed by atoms with Crippen molar-refractivity contribution in [3.63, 3.8) is 0 Å². The van der Waals surface area contributed by atoms with Gasteiger partial charge in [-0.25, -0.2) is 4.79 Å². The van der Waals surface area contributed by atoms with Crippen molar-refractivity contribution in [1.82, 2.24) is 0 Å². The lowest BCUT2D eigenvalue weighted by Gasteiger charge is -2.19. The number of carbonyl (C=O) groups is 1. The Balaban J connectivity index is 2.36. The molecule has 0 aliphatic heterocycles. The Morgan fingerprint density at radius 3 is 2.24 bits per heavy atom. The summed E-state index contributed by atoms with van der Waals surface area (Å²) in [6.07, 6.45) is 0. The van der Waals surface area contributed by atoms with Crippen molar-refractivity contribution < 1.29 is 9.53 Å². The van der Waals surface area contributed by atoms with Gasteiger partial charge in [0.05, 0.1) is 7.11 Å². The minimum absolute atomic E-state index is 0.290. The van der Waals surface area contributed by atoms with E-state index >= 15 is 0 Å². The summed E-state index contributed by atoms with van der Waals surface area (Å²) in [5.74, 6) is -0.290. The Hall–Kier alpha value is -2.29. The summed E-state index contributed by atoms with van der Waals surface area (Å²) < 4.78 is 4.95. The first-order chi connectivity index (χ1) is 9.99. The second-order valence-corrected chi connectivity index (χ2v) is 5.39. The van der Waals surface area contributed by atoms with Gasteiger partial charge in [-0.05, 0) is 44.0 Å². The summed E-state index contributed by atoms with van der Waals surface area (Å²) in [5.41, 5.74) is 5.23. The van der Waals surface area contributed by atoms with Crippen LogP contribution in [0.25, 0.3) is 0 Å². The maximum atomic E-state index is 12.1. The Morgan fingerprint density at radius 1 is 1.00 bits per heavy atom. The van der Waals surface area contributed by atoms with Crippen LogP contribution in [0, 0.1) is 20.8 Å². The third-order valence-electron chi connectivity index (χ3n) is 3.34. The number of rotatable bonds is 4. The Bertz CT molecular complexity index is 629. The third-order valence-corrected chi connectivity index (χ3v) is 3.34. The molecule has 0 saturated carbocycles. The average molecular weight is 283 g/mol. The van der Waals surface area contributed by atoms with E-state index in [9.17, 15) is 4.79 Å². The molecule has 0 aliphatic rings. The topological polar surface area (TPSA) is 38.3 Å². The molecular weight excluding hydrogens is 262 g/mol. The quantitative estimate of drug-likeness (QED) is 0.864. The minimum Gasteiger partial charge on any atom is -0.467 e. The SMILES string of the molecule is COC(=O)C(Nc1cccc(C)c1)c1cc(C)cc(C)c1. The molecule has 0 radical (unpaired) electrons. The van der Waals surface area contributed by atoms with Crippen LogP contribution in [-0.2, 0) is 9.53 Å². The second kappa shape index (κ2) is 6.44. The molecule has 0 aliphatic carbocycles. The fraction of sp³-hybridized carbons (Fsp3) is 0.278. The molecular formula is C18H21NO2. The molecule has 3 nitrogen and oxygen atoms in total. The van der Waals surface area contributed by atoms with Crippen molar-refractivity contribution in [3.8, 4) is 0 Å². The average Bonchev–Trinajstić information content (AvgIpc) is 2.43. The third kappa shape index (κ3) is 3.85. The zero-order chi connectivity index (χ0) is 15.4. The number of carbonyl (C=O) groups excluding carboxylic acids is 1. The highest BCUT2D eigenvalue weighted by Gasteiger charge is 2.21. The van der Waals surface area contributed by atoms with Crippen LogP contribution in [0.4, 0.5) is 5.69 Å². The van der Waals surface area contributed by atoms with Crippen LogP contribution in [0.15, 0.2) is 42.5 Å². The molecule has 0 heterocycles. The summed E-state index contributed by atoms with van der Waals surface area (Å²) in [4.78, 5) is 12.1. The van der Waals surface area contributed by atoms with E-state index in [2.05, 4.69) is 11.4 Å². The van der Waals surface area contributed by atoms with E-state index < -0.39 is 6.04 Å². The number of ether oxygens (including phenoxy) is 1. The standard InChI is InChI=1S/C18H21NO2/c1-12-6-5-7-16(11-12)19-17(18(20)21-4)15-9-13(2)8-14(3)10-15/h5-11,17,19H,1-4H3. The van der Waals surface area contributed by atoms with E-state index in [1.54, 1.807) is 0 Å². The van der Waals surface area contributed by atoms with Crippen molar-refractivity contribution in [2.45, 2.75) is 26.8 Å². The molecule has 0 spiro atoms. The molecule has 0 aromatic heterocycles. The molecule has 1 unspecified atom stereocenters. The fourth-order valence-corrected chi connectivity index (χ4v) is 2.47. The monoisotopic (exact) mass is 283 g/mol. The second-order valence-electron chi connectivity index (χ2n) is 5.39. The smallest absolute Gasteiger partial charge is 0.332 e. The van der Waals surface area contributed by atoms with Gasteiger partial charge in [-0.3, -0.25) is 0 Å². The van der Waals surface area contributed by atoms with Gasteiger partial charge in [-0.1, -0.05) is 41.5 Å². The van der Waals surface area contributed by atoms with Crippen molar-refractivity contribution in [3.05, 3.63) is 64.7 Å². The van der Waals surface area contributed by atoms with Crippen LogP contribution in [-0.4, -0.2) is 13.1 Å². The number of anilines is 1. The van der Waals surface area contributed by atoms with Crippen LogP contribution >= 0.6 is 0 Å². The number of aryl methyl sites for hydroxylation is 3. The van der Waals surface area contributed by atoms with Gasteiger partial charge in [0, 0.05) is 5.69 Å². The van der Waals surface area contributed by atoms with Gasteiger partial charge in [0.2, 0.25) is 0 Å². The van der Waals surface area contributed by atoms with Crippen LogP contribution in [0.1, 0.15) is 28.3 Å². The summed E-state index contributed by atoms with van der Waals surface area (Å²) in [5, 5.41) is 3.27. The molecule has 0 bridgehead atoms. The predicted molar refractivity (Wildman–Crippen MR) is 85.5 cm³/mol. The molecule has 1 atom stereocenters. The van der Waals surface area contributed by atoms with Crippen LogP contribution < -0.4 is 5.32 Å². The summed E-state index contributed by atoms with van der Waals surface area (Å²) >= 11 is 0. The van der Waals surface area contributed by atoms with E-state index in [0.717, 1.165) is 27.9 Å². The molecule has 21 heavy (non-hydrogen) atoms. The van der Waals surface area contributed by atoms with Crippen molar-refractivity contribution >= 4 is 11.7 Å². The maximum Gasteiger partial charge on any atom is 0.332 e. The Kier molecular flexibility index (Phi) is 4.63. The highest BCUT2D eigenvalue weighted by Crippen LogP contribution is 2.23. The number of nitrogens with one attached hydrogen (secondary N) is 1. The lowest BCUT2D eigenvalue weighted by molar-refractivity contribution is -0.141. The van der Waals surface area contributed by atoms with E-state index in [-0.39, 0.29) is 5.97 Å². The Labute approximate surface area is 126 Å². The number of esters is 1. The van der Waals surface area contributed by atoms with Crippen molar-refractivity contribution in [2.24, 2.45) is 0 Å². The largest absolute Gasteiger partial charge is 0.467 e.